The minimum Gasteiger partial charge on any atom is -0.346 e. The summed E-state index contributed by atoms with van der Waals surface area (Å²) < 4.78 is 39.7. The number of rotatable bonds is 3. The van der Waals surface area contributed by atoms with Gasteiger partial charge in [0.25, 0.3) is 0 Å². The van der Waals surface area contributed by atoms with E-state index < -0.39 is 11.7 Å². The second-order valence-corrected chi connectivity index (χ2v) is 7.07. The lowest BCUT2D eigenvalue weighted by molar-refractivity contribution is -0.137. The van der Waals surface area contributed by atoms with Crippen molar-refractivity contribution in [3.63, 3.8) is 0 Å². The molecule has 1 aliphatic rings. The Balaban J connectivity index is 1.50. The molecule has 0 aliphatic carbocycles. The summed E-state index contributed by atoms with van der Waals surface area (Å²) in [7, 11) is 1.86. The molecule has 1 N–H and O–H groups in total. The number of aromatic nitrogens is 2. The van der Waals surface area contributed by atoms with Crippen LogP contribution < -0.4 is 5.32 Å². The third-order valence-corrected chi connectivity index (χ3v) is 4.94. The summed E-state index contributed by atoms with van der Waals surface area (Å²) in [6, 6.07) is 7.31. The van der Waals surface area contributed by atoms with E-state index in [-0.39, 0.29) is 0 Å². The van der Waals surface area contributed by atoms with E-state index in [1.165, 1.54) is 0 Å². The van der Waals surface area contributed by atoms with E-state index in [0.29, 0.717) is 11.7 Å². The predicted octanol–water partition coefficient (Wildman–Crippen LogP) is 3.26. The number of benzene rings is 1. The lowest BCUT2D eigenvalue weighted by atomic mass is 10.1. The van der Waals surface area contributed by atoms with Crippen LogP contribution in [0.15, 0.2) is 30.3 Å². The molecule has 2 aromatic rings. The Morgan fingerprint density at radius 2 is 1.78 bits per heavy atom. The fourth-order valence-corrected chi connectivity index (χ4v) is 3.37. The van der Waals surface area contributed by atoms with Crippen molar-refractivity contribution in [2.24, 2.45) is 7.05 Å². The largest absolute Gasteiger partial charge is 0.416 e. The summed E-state index contributed by atoms with van der Waals surface area (Å²) in [5.74, 6) is 0.852. The molecule has 0 radical (unpaired) electrons. The Labute approximate surface area is 161 Å². The Morgan fingerprint density at radius 1 is 1.15 bits per heavy atom. The second kappa shape index (κ2) is 7.85. The fraction of sp³-hybridized carbons (Fsp3) is 0.444. The first-order chi connectivity index (χ1) is 12.7. The van der Waals surface area contributed by atoms with Crippen LogP contribution in [0, 0.1) is 6.92 Å². The highest BCUT2D eigenvalue weighted by atomic mass is 32.1. The third kappa shape index (κ3) is 4.98. The summed E-state index contributed by atoms with van der Waals surface area (Å²) in [4.78, 5) is 4.32. The van der Waals surface area contributed by atoms with E-state index in [0.717, 1.165) is 55.4 Å². The average molecular weight is 397 g/mol. The van der Waals surface area contributed by atoms with E-state index in [1.807, 2.05) is 20.0 Å². The molecule has 27 heavy (non-hydrogen) atoms. The first kappa shape index (κ1) is 19.6. The highest BCUT2D eigenvalue weighted by molar-refractivity contribution is 7.80. The number of piperazine rings is 1. The van der Waals surface area contributed by atoms with Crippen molar-refractivity contribution in [1.82, 2.24) is 19.6 Å². The topological polar surface area (TPSA) is 36.3 Å². The zero-order valence-corrected chi connectivity index (χ0v) is 16.1. The molecule has 1 aliphatic heterocycles. The monoisotopic (exact) mass is 397 g/mol. The van der Waals surface area contributed by atoms with Crippen LogP contribution >= 0.6 is 12.2 Å². The van der Waals surface area contributed by atoms with Gasteiger partial charge in [0.05, 0.1) is 11.3 Å². The zero-order chi connectivity index (χ0) is 19.6. The average Bonchev–Trinajstić information content (AvgIpc) is 2.92. The molecule has 0 spiro atoms. The highest BCUT2D eigenvalue weighted by Crippen LogP contribution is 2.29. The molecule has 0 saturated carbocycles. The first-order valence-electron chi connectivity index (χ1n) is 8.67. The highest BCUT2D eigenvalue weighted by Gasteiger charge is 2.30. The maximum atomic E-state index is 12.6. The standard InChI is InChI=1S/C18H22F3N5S/c1-13-11-16(24(2)23-13)22-17(27)26-9-7-25(8-10-26)12-14-3-5-15(6-4-14)18(19,20)21/h3-6,11H,7-10,12H2,1-2H3,(H,22,27). The van der Waals surface area contributed by atoms with Crippen LogP contribution in [-0.2, 0) is 19.8 Å². The molecule has 1 aromatic heterocycles. The molecule has 0 amide bonds. The van der Waals surface area contributed by atoms with Crippen LogP contribution in [0.3, 0.4) is 0 Å². The van der Waals surface area contributed by atoms with E-state index in [4.69, 9.17) is 12.2 Å². The molecule has 0 bridgehead atoms. The van der Waals surface area contributed by atoms with E-state index >= 15 is 0 Å². The molecule has 3 rings (SSSR count). The normalized spacial score (nSPS) is 15.8. The quantitative estimate of drug-likeness (QED) is 0.805. The van der Waals surface area contributed by atoms with Crippen LogP contribution in [0.5, 0.6) is 0 Å². The lowest BCUT2D eigenvalue weighted by Crippen LogP contribution is -2.49. The van der Waals surface area contributed by atoms with Gasteiger partial charge in [0.2, 0.25) is 0 Å². The van der Waals surface area contributed by atoms with Gasteiger partial charge in [0.15, 0.2) is 5.11 Å². The molecule has 5 nitrogen and oxygen atoms in total. The van der Waals surface area contributed by atoms with Crippen molar-refractivity contribution in [2.45, 2.75) is 19.6 Å². The first-order valence-corrected chi connectivity index (χ1v) is 9.08. The molecule has 1 saturated heterocycles. The number of aryl methyl sites for hydroxylation is 2. The summed E-state index contributed by atoms with van der Waals surface area (Å²) >= 11 is 5.49. The van der Waals surface area contributed by atoms with Crippen LogP contribution in [0.4, 0.5) is 19.0 Å². The number of alkyl halides is 3. The second-order valence-electron chi connectivity index (χ2n) is 6.68. The Morgan fingerprint density at radius 3 is 2.30 bits per heavy atom. The number of nitrogens with zero attached hydrogens (tertiary/aromatic N) is 4. The molecule has 146 valence electrons. The fourth-order valence-electron chi connectivity index (χ4n) is 3.08. The lowest BCUT2D eigenvalue weighted by Gasteiger charge is -2.36. The molecule has 1 aromatic carbocycles. The van der Waals surface area contributed by atoms with Gasteiger partial charge in [0.1, 0.15) is 5.82 Å². The molecular weight excluding hydrogens is 375 g/mol. The van der Waals surface area contributed by atoms with E-state index in [9.17, 15) is 13.2 Å². The number of halogens is 3. The number of thiocarbonyl (C=S) groups is 1. The van der Waals surface area contributed by atoms with Gasteiger partial charge in [-0.2, -0.15) is 18.3 Å². The van der Waals surface area contributed by atoms with Gasteiger partial charge >= 0.3 is 6.18 Å². The van der Waals surface area contributed by atoms with E-state index in [1.54, 1.807) is 16.8 Å². The Hall–Kier alpha value is -2.13. The number of anilines is 1. The summed E-state index contributed by atoms with van der Waals surface area (Å²) in [6.45, 7) is 5.69. The maximum absolute atomic E-state index is 12.6. The van der Waals surface area contributed by atoms with Gasteiger partial charge in [-0.3, -0.25) is 9.58 Å². The van der Waals surface area contributed by atoms with Gasteiger partial charge in [-0.1, -0.05) is 12.1 Å². The van der Waals surface area contributed by atoms with Gasteiger partial charge in [-0.25, -0.2) is 0 Å². The van der Waals surface area contributed by atoms with Crippen molar-refractivity contribution in [3.8, 4) is 0 Å². The van der Waals surface area contributed by atoms with Crippen LogP contribution in [-0.4, -0.2) is 50.9 Å². The Bertz CT molecular complexity index is 792. The SMILES string of the molecule is Cc1cc(NC(=S)N2CCN(Cc3ccc(C(F)(F)F)cc3)CC2)n(C)n1. The molecule has 0 atom stereocenters. The van der Waals surface area contributed by atoms with Crippen LogP contribution in [0.1, 0.15) is 16.8 Å². The predicted molar refractivity (Wildman–Crippen MR) is 102 cm³/mol. The number of hydrogen-bond acceptors (Lipinski definition) is 3. The van der Waals surface area contributed by atoms with Crippen molar-refractivity contribution in [3.05, 3.63) is 47.2 Å². The van der Waals surface area contributed by atoms with Gasteiger partial charge in [-0.05, 0) is 36.8 Å². The molecule has 9 heteroatoms. The zero-order valence-electron chi connectivity index (χ0n) is 15.3. The molecule has 0 unspecified atom stereocenters. The van der Waals surface area contributed by atoms with E-state index in [2.05, 4.69) is 20.2 Å². The smallest absolute Gasteiger partial charge is 0.346 e. The van der Waals surface area contributed by atoms with Crippen molar-refractivity contribution < 1.29 is 13.2 Å². The maximum Gasteiger partial charge on any atom is 0.416 e. The van der Waals surface area contributed by atoms with Crippen molar-refractivity contribution >= 4 is 23.1 Å². The molecular formula is C18H22F3N5S. The van der Waals surface area contributed by atoms with Gasteiger partial charge < -0.3 is 10.2 Å². The van der Waals surface area contributed by atoms with Crippen molar-refractivity contribution in [2.75, 3.05) is 31.5 Å². The third-order valence-electron chi connectivity index (χ3n) is 4.58. The number of hydrogen-bond donors (Lipinski definition) is 1. The Kier molecular flexibility index (Phi) is 5.71. The summed E-state index contributed by atoms with van der Waals surface area (Å²) in [6.07, 6.45) is -4.29. The van der Waals surface area contributed by atoms with Crippen LogP contribution in [0.25, 0.3) is 0 Å². The molecule has 1 fully saturated rings. The summed E-state index contributed by atoms with van der Waals surface area (Å²) in [5.41, 5.74) is 1.18. The molecule has 2 heterocycles. The van der Waals surface area contributed by atoms with Gasteiger partial charge in [-0.15, -0.1) is 0 Å². The van der Waals surface area contributed by atoms with Crippen LogP contribution in [0.2, 0.25) is 0 Å². The van der Waals surface area contributed by atoms with Crippen molar-refractivity contribution in [1.29, 1.82) is 0 Å². The minimum atomic E-state index is -4.29. The summed E-state index contributed by atoms with van der Waals surface area (Å²) in [5, 5.41) is 8.16. The number of nitrogens with one attached hydrogen (secondary N) is 1. The minimum absolute atomic E-state index is 0.613. The van der Waals surface area contributed by atoms with Gasteiger partial charge in [0, 0.05) is 45.8 Å².